The third-order valence-corrected chi connectivity index (χ3v) is 3.50. The van der Waals surface area contributed by atoms with Gasteiger partial charge in [0.25, 0.3) is 11.6 Å². The lowest BCUT2D eigenvalue weighted by Crippen LogP contribution is -2.34. The number of nitrogens with zero attached hydrogens (tertiary/aromatic N) is 2. The predicted molar refractivity (Wildman–Crippen MR) is 79.5 cm³/mol. The monoisotopic (exact) mass is 318 g/mol. The van der Waals surface area contributed by atoms with E-state index in [0.29, 0.717) is 19.0 Å². The molecule has 0 unspecified atom stereocenters. The van der Waals surface area contributed by atoms with Crippen molar-refractivity contribution in [3.63, 3.8) is 0 Å². The first-order chi connectivity index (χ1) is 9.27. The van der Waals surface area contributed by atoms with Crippen molar-refractivity contribution in [2.24, 2.45) is 5.92 Å². The van der Waals surface area contributed by atoms with Crippen LogP contribution in [0, 0.1) is 16.0 Å². The number of hydrogen-bond acceptors (Lipinski definition) is 3. The molecule has 0 aromatic heterocycles. The molecule has 0 aliphatic carbocycles. The minimum atomic E-state index is -0.649. The quantitative estimate of drug-likeness (QED) is 0.608. The fraction of sp³-hybridized carbons (Fsp3) is 0.462. The third-order valence-electron chi connectivity index (χ3n) is 2.71. The average molecular weight is 319 g/mol. The Labute approximate surface area is 127 Å². The molecule has 1 rings (SSSR count). The first-order valence-corrected chi connectivity index (χ1v) is 6.96. The van der Waals surface area contributed by atoms with E-state index in [-0.39, 0.29) is 27.2 Å². The summed E-state index contributed by atoms with van der Waals surface area (Å²) in [5.41, 5.74) is -0.184. The second-order valence-corrected chi connectivity index (χ2v) is 5.57. The minimum absolute atomic E-state index is 0.00446. The second-order valence-electron chi connectivity index (χ2n) is 4.79. The van der Waals surface area contributed by atoms with Crippen LogP contribution in [0.5, 0.6) is 0 Å². The van der Waals surface area contributed by atoms with Gasteiger partial charge in [-0.05, 0) is 18.9 Å². The standard InChI is InChI=1S/C13H16Cl2N2O3/c1-4-16(7-8(2)3)13(18)9-5-10(14)12(15)11(6-9)17(19)20/h5-6,8H,4,7H2,1-3H3. The highest BCUT2D eigenvalue weighted by Gasteiger charge is 2.22. The Hall–Kier alpha value is -1.33. The van der Waals surface area contributed by atoms with Gasteiger partial charge in [0.05, 0.1) is 9.95 Å². The molecule has 0 aliphatic rings. The zero-order chi connectivity index (χ0) is 15.4. The topological polar surface area (TPSA) is 63.5 Å². The van der Waals surface area contributed by atoms with Crippen LogP contribution in [0.4, 0.5) is 5.69 Å². The van der Waals surface area contributed by atoms with Crippen LogP contribution in [0.15, 0.2) is 12.1 Å². The zero-order valence-electron chi connectivity index (χ0n) is 11.5. The molecule has 20 heavy (non-hydrogen) atoms. The lowest BCUT2D eigenvalue weighted by Gasteiger charge is -2.23. The normalized spacial score (nSPS) is 10.7. The van der Waals surface area contributed by atoms with Crippen LogP contribution in [-0.2, 0) is 0 Å². The molecule has 0 heterocycles. The summed E-state index contributed by atoms with van der Waals surface area (Å²) in [5, 5.41) is 10.8. The molecule has 0 saturated heterocycles. The maximum atomic E-state index is 12.4. The van der Waals surface area contributed by atoms with Crippen LogP contribution in [-0.4, -0.2) is 28.8 Å². The largest absolute Gasteiger partial charge is 0.339 e. The fourth-order valence-corrected chi connectivity index (χ4v) is 2.20. The highest BCUT2D eigenvalue weighted by atomic mass is 35.5. The van der Waals surface area contributed by atoms with Crippen molar-refractivity contribution in [1.82, 2.24) is 4.90 Å². The summed E-state index contributed by atoms with van der Waals surface area (Å²) in [6, 6.07) is 2.53. The molecule has 110 valence electrons. The smallest absolute Gasteiger partial charge is 0.290 e. The van der Waals surface area contributed by atoms with Crippen LogP contribution < -0.4 is 0 Å². The minimum Gasteiger partial charge on any atom is -0.339 e. The number of halogens is 2. The van der Waals surface area contributed by atoms with Crippen LogP contribution in [0.2, 0.25) is 10.0 Å². The molecule has 0 aliphatic heterocycles. The number of hydrogen-bond donors (Lipinski definition) is 0. The van der Waals surface area contributed by atoms with Crippen LogP contribution >= 0.6 is 23.2 Å². The maximum Gasteiger partial charge on any atom is 0.290 e. The lowest BCUT2D eigenvalue weighted by molar-refractivity contribution is -0.384. The van der Waals surface area contributed by atoms with E-state index in [9.17, 15) is 14.9 Å². The van der Waals surface area contributed by atoms with E-state index >= 15 is 0 Å². The number of carbonyl (C=O) groups excluding carboxylic acids is 1. The molecule has 0 spiro atoms. The van der Waals surface area contributed by atoms with Crippen molar-refractivity contribution in [2.45, 2.75) is 20.8 Å². The maximum absolute atomic E-state index is 12.4. The molecule has 1 aromatic carbocycles. The summed E-state index contributed by atoms with van der Waals surface area (Å²) in [5.74, 6) is 0.0134. The molecule has 1 amide bonds. The van der Waals surface area contributed by atoms with E-state index in [1.54, 1.807) is 4.90 Å². The van der Waals surface area contributed by atoms with E-state index in [4.69, 9.17) is 23.2 Å². The van der Waals surface area contributed by atoms with Gasteiger partial charge in [-0.3, -0.25) is 14.9 Å². The molecular weight excluding hydrogens is 303 g/mol. The Kier molecular flexibility index (Phi) is 5.77. The highest BCUT2D eigenvalue weighted by molar-refractivity contribution is 6.43. The molecule has 5 nitrogen and oxygen atoms in total. The molecule has 0 N–H and O–H groups in total. The van der Waals surface area contributed by atoms with Gasteiger partial charge >= 0.3 is 0 Å². The Morgan fingerprint density at radius 1 is 1.40 bits per heavy atom. The predicted octanol–water partition coefficient (Wildman–Crippen LogP) is 4.02. The van der Waals surface area contributed by atoms with Gasteiger partial charge in [-0.1, -0.05) is 37.0 Å². The van der Waals surface area contributed by atoms with Crippen molar-refractivity contribution in [3.05, 3.63) is 37.9 Å². The van der Waals surface area contributed by atoms with E-state index < -0.39 is 4.92 Å². The summed E-state index contributed by atoms with van der Waals surface area (Å²) >= 11 is 11.6. The number of carbonyl (C=O) groups is 1. The summed E-state index contributed by atoms with van der Waals surface area (Å²) in [7, 11) is 0. The van der Waals surface area contributed by atoms with Gasteiger partial charge in [-0.15, -0.1) is 0 Å². The summed E-state index contributed by atoms with van der Waals surface area (Å²) in [6.07, 6.45) is 0. The molecule has 1 aromatic rings. The van der Waals surface area contributed by atoms with Crippen molar-refractivity contribution in [3.8, 4) is 0 Å². The van der Waals surface area contributed by atoms with Gasteiger partial charge in [0.2, 0.25) is 0 Å². The lowest BCUT2D eigenvalue weighted by atomic mass is 10.1. The van der Waals surface area contributed by atoms with Crippen molar-refractivity contribution in [2.75, 3.05) is 13.1 Å². The fourth-order valence-electron chi connectivity index (χ4n) is 1.81. The van der Waals surface area contributed by atoms with Gasteiger partial charge < -0.3 is 4.90 Å². The third kappa shape index (κ3) is 3.84. The summed E-state index contributed by atoms with van der Waals surface area (Å²) in [6.45, 7) is 6.93. The Bertz CT molecular complexity index is 533. The van der Waals surface area contributed by atoms with Gasteiger partial charge in [0.1, 0.15) is 5.02 Å². The summed E-state index contributed by atoms with van der Waals surface area (Å²) < 4.78 is 0. The molecule has 0 atom stereocenters. The highest BCUT2D eigenvalue weighted by Crippen LogP contribution is 2.33. The molecule has 0 saturated carbocycles. The Morgan fingerprint density at radius 3 is 2.45 bits per heavy atom. The first-order valence-electron chi connectivity index (χ1n) is 6.20. The van der Waals surface area contributed by atoms with Crippen LogP contribution in [0.1, 0.15) is 31.1 Å². The van der Waals surface area contributed by atoms with Gasteiger partial charge in [-0.2, -0.15) is 0 Å². The number of rotatable bonds is 5. The number of nitro benzene ring substituents is 1. The zero-order valence-corrected chi connectivity index (χ0v) is 13.0. The first kappa shape index (κ1) is 16.7. The Morgan fingerprint density at radius 2 is 2.00 bits per heavy atom. The van der Waals surface area contributed by atoms with Gasteiger partial charge in [0, 0.05) is 24.7 Å². The van der Waals surface area contributed by atoms with Gasteiger partial charge in [0.15, 0.2) is 0 Å². The van der Waals surface area contributed by atoms with Crippen molar-refractivity contribution >= 4 is 34.8 Å². The van der Waals surface area contributed by atoms with E-state index in [1.807, 2.05) is 20.8 Å². The summed E-state index contributed by atoms with van der Waals surface area (Å²) in [4.78, 5) is 24.2. The van der Waals surface area contributed by atoms with E-state index in [2.05, 4.69) is 0 Å². The van der Waals surface area contributed by atoms with Crippen molar-refractivity contribution in [1.29, 1.82) is 0 Å². The molecular formula is C13H16Cl2N2O3. The van der Waals surface area contributed by atoms with Crippen molar-refractivity contribution < 1.29 is 9.72 Å². The van der Waals surface area contributed by atoms with E-state index in [1.165, 1.54) is 12.1 Å². The molecule has 0 bridgehead atoms. The molecule has 7 heteroatoms. The number of nitro groups is 1. The second kappa shape index (κ2) is 6.90. The Balaban J connectivity index is 3.19. The molecule has 0 radical (unpaired) electrons. The van der Waals surface area contributed by atoms with Crippen LogP contribution in [0.25, 0.3) is 0 Å². The average Bonchev–Trinajstić information content (AvgIpc) is 2.37. The number of amides is 1. The van der Waals surface area contributed by atoms with Gasteiger partial charge in [-0.25, -0.2) is 0 Å². The SMILES string of the molecule is CCN(CC(C)C)C(=O)c1cc(Cl)c(Cl)c([N+](=O)[O-])c1. The van der Waals surface area contributed by atoms with Crippen LogP contribution in [0.3, 0.4) is 0 Å². The van der Waals surface area contributed by atoms with E-state index in [0.717, 1.165) is 0 Å². The molecule has 0 fully saturated rings. The number of benzene rings is 1.